The number of hydrogen-bond acceptors (Lipinski definition) is 3. The molecule has 1 heterocycles. The van der Waals surface area contributed by atoms with E-state index in [1.165, 1.54) is 0 Å². The second kappa shape index (κ2) is 3.22. The van der Waals surface area contributed by atoms with Crippen LogP contribution in [0.3, 0.4) is 0 Å². The molecule has 1 aromatic heterocycles. The largest absolute Gasteiger partial charge is 0.481 e. The first-order valence-electron chi connectivity index (χ1n) is 3.09. The van der Waals surface area contributed by atoms with Gasteiger partial charge in [0.15, 0.2) is 0 Å². The van der Waals surface area contributed by atoms with Crippen LogP contribution < -0.4 is 10.1 Å². The molecule has 56 valence electrons. The average Bonchev–Trinajstić information content (AvgIpc) is 2.36. The maximum atomic E-state index is 4.98. The van der Waals surface area contributed by atoms with Gasteiger partial charge in [0, 0.05) is 12.1 Å². The van der Waals surface area contributed by atoms with E-state index in [-0.39, 0.29) is 0 Å². The Balaban J connectivity index is 2.70. The van der Waals surface area contributed by atoms with Gasteiger partial charge in [0.05, 0.1) is 13.3 Å². The Labute approximate surface area is 59.6 Å². The lowest BCUT2D eigenvalue weighted by molar-refractivity contribution is 0.391. The fourth-order valence-electron chi connectivity index (χ4n) is 0.792. The van der Waals surface area contributed by atoms with E-state index < -0.39 is 0 Å². The number of nitrogens with one attached hydrogen (secondary N) is 2. The molecular formula is C6H11N3O. The van der Waals surface area contributed by atoms with E-state index in [1.54, 1.807) is 13.3 Å². The van der Waals surface area contributed by atoms with Gasteiger partial charge in [0.1, 0.15) is 0 Å². The number of hydrogen-bond donors (Lipinski definition) is 2. The Hall–Kier alpha value is -1.03. The van der Waals surface area contributed by atoms with Crippen molar-refractivity contribution >= 4 is 0 Å². The number of aromatic amines is 1. The summed E-state index contributed by atoms with van der Waals surface area (Å²) < 4.78 is 4.98. The van der Waals surface area contributed by atoms with E-state index in [0.29, 0.717) is 0 Å². The van der Waals surface area contributed by atoms with Crippen LogP contribution in [0.5, 0.6) is 5.88 Å². The monoisotopic (exact) mass is 141 g/mol. The van der Waals surface area contributed by atoms with Crippen LogP contribution in [0.1, 0.15) is 5.56 Å². The molecule has 0 aromatic carbocycles. The summed E-state index contributed by atoms with van der Waals surface area (Å²) in [4.78, 5) is 0. The van der Waals surface area contributed by atoms with Crippen LogP contribution >= 0.6 is 0 Å². The van der Waals surface area contributed by atoms with Crippen molar-refractivity contribution in [3.05, 3.63) is 11.8 Å². The molecule has 10 heavy (non-hydrogen) atoms. The van der Waals surface area contributed by atoms with Crippen molar-refractivity contribution in [1.29, 1.82) is 0 Å². The number of H-pyrrole nitrogens is 1. The van der Waals surface area contributed by atoms with Crippen LogP contribution in [0.2, 0.25) is 0 Å². The molecule has 0 saturated heterocycles. The molecular weight excluding hydrogens is 130 g/mol. The smallest absolute Gasteiger partial charge is 0.213 e. The van der Waals surface area contributed by atoms with Crippen molar-refractivity contribution in [3.8, 4) is 5.88 Å². The second-order valence-electron chi connectivity index (χ2n) is 1.96. The first-order chi connectivity index (χ1) is 4.88. The normalized spacial score (nSPS) is 9.80. The molecule has 0 aliphatic heterocycles. The zero-order valence-corrected chi connectivity index (χ0v) is 6.14. The van der Waals surface area contributed by atoms with Gasteiger partial charge in [0.2, 0.25) is 5.88 Å². The molecule has 4 nitrogen and oxygen atoms in total. The molecule has 0 aliphatic carbocycles. The standard InChI is InChI=1S/C6H11N3O/c1-7-3-5-4-8-9-6(5)10-2/h4,7H,3H2,1-2H3,(H,8,9). The summed E-state index contributed by atoms with van der Waals surface area (Å²) in [6.07, 6.45) is 1.75. The third-order valence-electron chi connectivity index (χ3n) is 1.25. The number of ether oxygens (including phenoxy) is 1. The summed E-state index contributed by atoms with van der Waals surface area (Å²) in [6, 6.07) is 0. The number of rotatable bonds is 3. The maximum absolute atomic E-state index is 4.98. The highest BCUT2D eigenvalue weighted by Crippen LogP contribution is 2.11. The van der Waals surface area contributed by atoms with Crippen molar-refractivity contribution < 1.29 is 4.74 Å². The van der Waals surface area contributed by atoms with E-state index in [1.807, 2.05) is 7.05 Å². The van der Waals surface area contributed by atoms with Crippen LogP contribution in [0.25, 0.3) is 0 Å². The summed E-state index contributed by atoms with van der Waals surface area (Å²) in [6.45, 7) is 0.777. The van der Waals surface area contributed by atoms with Crippen LogP contribution in [0.15, 0.2) is 6.20 Å². The third kappa shape index (κ3) is 1.27. The van der Waals surface area contributed by atoms with E-state index in [0.717, 1.165) is 18.0 Å². The molecule has 0 spiro atoms. The Kier molecular flexibility index (Phi) is 2.28. The van der Waals surface area contributed by atoms with Gasteiger partial charge in [-0.1, -0.05) is 0 Å². The quantitative estimate of drug-likeness (QED) is 0.629. The van der Waals surface area contributed by atoms with E-state index in [4.69, 9.17) is 4.74 Å². The number of methoxy groups -OCH3 is 1. The van der Waals surface area contributed by atoms with Gasteiger partial charge in [-0.3, -0.25) is 0 Å². The summed E-state index contributed by atoms with van der Waals surface area (Å²) in [5.41, 5.74) is 1.05. The second-order valence-corrected chi connectivity index (χ2v) is 1.96. The summed E-state index contributed by atoms with van der Waals surface area (Å²) >= 11 is 0. The van der Waals surface area contributed by atoms with Gasteiger partial charge in [-0.25, -0.2) is 5.10 Å². The molecule has 1 aromatic rings. The Morgan fingerprint density at radius 2 is 2.60 bits per heavy atom. The van der Waals surface area contributed by atoms with Crippen molar-refractivity contribution in [2.24, 2.45) is 0 Å². The molecule has 0 atom stereocenters. The fraction of sp³-hybridized carbons (Fsp3) is 0.500. The third-order valence-corrected chi connectivity index (χ3v) is 1.25. The number of aromatic nitrogens is 2. The Morgan fingerprint density at radius 1 is 1.80 bits per heavy atom. The van der Waals surface area contributed by atoms with Crippen LogP contribution in [0.4, 0.5) is 0 Å². The van der Waals surface area contributed by atoms with Crippen molar-refractivity contribution in [1.82, 2.24) is 15.5 Å². The van der Waals surface area contributed by atoms with Gasteiger partial charge in [-0.05, 0) is 7.05 Å². The lowest BCUT2D eigenvalue weighted by atomic mass is 10.3. The van der Waals surface area contributed by atoms with Crippen LogP contribution in [-0.4, -0.2) is 24.4 Å². The molecule has 0 bridgehead atoms. The van der Waals surface area contributed by atoms with Gasteiger partial charge in [-0.15, -0.1) is 0 Å². The van der Waals surface area contributed by atoms with Crippen molar-refractivity contribution in [2.45, 2.75) is 6.54 Å². The van der Waals surface area contributed by atoms with E-state index in [2.05, 4.69) is 15.5 Å². The molecule has 2 N–H and O–H groups in total. The average molecular weight is 141 g/mol. The minimum absolute atomic E-state index is 0.731. The van der Waals surface area contributed by atoms with Crippen LogP contribution in [0, 0.1) is 0 Å². The van der Waals surface area contributed by atoms with Gasteiger partial charge in [0.25, 0.3) is 0 Å². The fourth-order valence-corrected chi connectivity index (χ4v) is 0.792. The molecule has 0 saturated carbocycles. The first kappa shape index (κ1) is 7.08. The van der Waals surface area contributed by atoms with E-state index >= 15 is 0 Å². The van der Waals surface area contributed by atoms with Gasteiger partial charge < -0.3 is 10.1 Å². The molecule has 1 rings (SSSR count). The maximum Gasteiger partial charge on any atom is 0.213 e. The van der Waals surface area contributed by atoms with Gasteiger partial charge >= 0.3 is 0 Å². The minimum atomic E-state index is 0.731. The summed E-state index contributed by atoms with van der Waals surface area (Å²) in [5.74, 6) is 0.731. The summed E-state index contributed by atoms with van der Waals surface area (Å²) in [5, 5.41) is 9.55. The molecule has 0 radical (unpaired) electrons. The molecule has 0 fully saturated rings. The van der Waals surface area contributed by atoms with E-state index in [9.17, 15) is 0 Å². The first-order valence-corrected chi connectivity index (χ1v) is 3.09. The summed E-state index contributed by atoms with van der Waals surface area (Å²) in [7, 11) is 3.50. The predicted octanol–water partition coefficient (Wildman–Crippen LogP) is 0.138. The lowest BCUT2D eigenvalue weighted by Gasteiger charge is -1.98. The minimum Gasteiger partial charge on any atom is -0.481 e. The van der Waals surface area contributed by atoms with Crippen molar-refractivity contribution in [2.75, 3.05) is 14.2 Å². The SMILES string of the molecule is CNCc1cn[nH]c1OC. The predicted molar refractivity (Wildman–Crippen MR) is 37.9 cm³/mol. The molecule has 0 unspecified atom stereocenters. The molecule has 4 heteroatoms. The Bertz CT molecular complexity index is 197. The number of nitrogens with zero attached hydrogens (tertiary/aromatic N) is 1. The van der Waals surface area contributed by atoms with Crippen LogP contribution in [-0.2, 0) is 6.54 Å². The lowest BCUT2D eigenvalue weighted by Crippen LogP contribution is -2.05. The topological polar surface area (TPSA) is 49.9 Å². The molecule has 0 aliphatic rings. The highest BCUT2D eigenvalue weighted by molar-refractivity contribution is 5.21. The highest BCUT2D eigenvalue weighted by atomic mass is 16.5. The highest BCUT2D eigenvalue weighted by Gasteiger charge is 2.01. The zero-order valence-electron chi connectivity index (χ0n) is 6.14. The molecule has 0 amide bonds. The Morgan fingerprint density at radius 3 is 3.20 bits per heavy atom. The van der Waals surface area contributed by atoms with Gasteiger partial charge in [-0.2, -0.15) is 5.10 Å². The van der Waals surface area contributed by atoms with Crippen molar-refractivity contribution in [3.63, 3.8) is 0 Å². The zero-order chi connectivity index (χ0) is 7.40.